The van der Waals surface area contributed by atoms with Crippen molar-refractivity contribution in [2.75, 3.05) is 45.0 Å². The fourth-order valence-electron chi connectivity index (χ4n) is 2.57. The van der Waals surface area contributed by atoms with Gasteiger partial charge in [-0.1, -0.05) is 0 Å². The highest BCUT2D eigenvalue weighted by Gasteiger charge is 2.31. The SMILES string of the molecule is COc1cc(NC(=O)CN(C)CC(=O)Nc2ccc(OC(F)(F)F)cc2)cc(OC)c1. The number of hydrogen-bond acceptors (Lipinski definition) is 6. The fraction of sp³-hybridized carbons (Fsp3) is 0.300. The smallest absolute Gasteiger partial charge is 0.497 e. The summed E-state index contributed by atoms with van der Waals surface area (Å²) in [6.07, 6.45) is -4.79. The second kappa shape index (κ2) is 10.5. The number of amides is 2. The van der Waals surface area contributed by atoms with Crippen LogP contribution in [0.15, 0.2) is 42.5 Å². The summed E-state index contributed by atoms with van der Waals surface area (Å²) < 4.78 is 50.6. The summed E-state index contributed by atoms with van der Waals surface area (Å²) in [5.74, 6) is -0.182. The molecule has 11 heteroatoms. The first-order valence-electron chi connectivity index (χ1n) is 8.95. The molecule has 0 aliphatic rings. The van der Waals surface area contributed by atoms with Gasteiger partial charge in [0.15, 0.2) is 0 Å². The van der Waals surface area contributed by atoms with Crippen molar-refractivity contribution < 1.29 is 37.0 Å². The highest BCUT2D eigenvalue weighted by Crippen LogP contribution is 2.26. The van der Waals surface area contributed by atoms with Crippen molar-refractivity contribution >= 4 is 23.2 Å². The number of nitrogens with zero attached hydrogens (tertiary/aromatic N) is 1. The maximum atomic E-state index is 12.2. The number of ether oxygens (including phenoxy) is 3. The van der Waals surface area contributed by atoms with Gasteiger partial charge in [-0.3, -0.25) is 14.5 Å². The predicted molar refractivity (Wildman–Crippen MR) is 107 cm³/mol. The molecule has 0 unspecified atom stereocenters. The maximum Gasteiger partial charge on any atom is 0.573 e. The van der Waals surface area contributed by atoms with Crippen molar-refractivity contribution in [1.29, 1.82) is 0 Å². The number of carbonyl (C=O) groups excluding carboxylic acids is 2. The number of benzene rings is 2. The third-order valence-electron chi connectivity index (χ3n) is 3.83. The molecule has 0 spiro atoms. The van der Waals surface area contributed by atoms with E-state index in [9.17, 15) is 22.8 Å². The van der Waals surface area contributed by atoms with Gasteiger partial charge in [0.05, 0.1) is 27.3 Å². The second-order valence-electron chi connectivity index (χ2n) is 6.44. The minimum absolute atomic E-state index is 0.0781. The third-order valence-corrected chi connectivity index (χ3v) is 3.83. The van der Waals surface area contributed by atoms with Gasteiger partial charge in [-0.25, -0.2) is 0 Å². The lowest BCUT2D eigenvalue weighted by atomic mass is 10.2. The Morgan fingerprint density at radius 1 is 0.839 bits per heavy atom. The van der Waals surface area contributed by atoms with Crippen LogP contribution in [0.2, 0.25) is 0 Å². The molecular weight excluding hydrogens is 419 g/mol. The molecule has 168 valence electrons. The molecule has 2 rings (SSSR count). The summed E-state index contributed by atoms with van der Waals surface area (Å²) in [6.45, 7) is -0.193. The fourth-order valence-corrected chi connectivity index (χ4v) is 2.57. The molecule has 0 bridgehead atoms. The molecule has 8 nitrogen and oxygen atoms in total. The molecule has 0 atom stereocenters. The van der Waals surface area contributed by atoms with Gasteiger partial charge in [0.25, 0.3) is 0 Å². The molecule has 0 saturated heterocycles. The first kappa shape index (κ1) is 23.8. The maximum absolute atomic E-state index is 12.2. The number of nitrogens with one attached hydrogen (secondary N) is 2. The van der Waals surface area contributed by atoms with Crippen LogP contribution in [0.4, 0.5) is 24.5 Å². The molecule has 0 radical (unpaired) electrons. The average Bonchev–Trinajstić information content (AvgIpc) is 2.67. The van der Waals surface area contributed by atoms with Crippen molar-refractivity contribution in [3.8, 4) is 17.2 Å². The summed E-state index contributed by atoms with van der Waals surface area (Å²) in [5, 5.41) is 5.23. The summed E-state index contributed by atoms with van der Waals surface area (Å²) >= 11 is 0. The van der Waals surface area contributed by atoms with Gasteiger partial charge in [0.1, 0.15) is 17.2 Å². The first-order chi connectivity index (χ1) is 14.6. The van der Waals surface area contributed by atoms with Crippen LogP contribution in [0.1, 0.15) is 0 Å². The summed E-state index contributed by atoms with van der Waals surface area (Å²) in [4.78, 5) is 25.8. The number of likely N-dealkylation sites (N-methyl/N-ethyl adjacent to an activating group) is 1. The van der Waals surface area contributed by atoms with E-state index < -0.39 is 18.0 Å². The number of rotatable bonds is 9. The van der Waals surface area contributed by atoms with E-state index in [0.29, 0.717) is 22.9 Å². The van der Waals surface area contributed by atoms with E-state index in [1.807, 2.05) is 0 Å². The van der Waals surface area contributed by atoms with Crippen LogP contribution < -0.4 is 24.8 Å². The third kappa shape index (κ3) is 8.42. The summed E-state index contributed by atoms with van der Waals surface area (Å²) in [6, 6.07) is 9.64. The molecule has 2 aromatic rings. The first-order valence-corrected chi connectivity index (χ1v) is 8.95. The molecule has 0 aliphatic carbocycles. The Morgan fingerprint density at radius 3 is 1.77 bits per heavy atom. The standard InChI is InChI=1S/C20H22F3N3O5/c1-26(12-19(28)25-14-8-16(29-2)10-17(9-14)30-3)11-18(27)24-13-4-6-15(7-5-13)31-20(21,22)23/h4-10H,11-12H2,1-3H3,(H,24,27)(H,25,28). The molecule has 2 aromatic carbocycles. The molecule has 0 aromatic heterocycles. The highest BCUT2D eigenvalue weighted by atomic mass is 19.4. The van der Waals surface area contributed by atoms with E-state index in [1.165, 1.54) is 31.3 Å². The molecule has 2 N–H and O–H groups in total. The van der Waals surface area contributed by atoms with Crippen LogP contribution in [0.5, 0.6) is 17.2 Å². The molecule has 31 heavy (non-hydrogen) atoms. The molecule has 0 saturated carbocycles. The number of hydrogen-bond donors (Lipinski definition) is 2. The lowest BCUT2D eigenvalue weighted by molar-refractivity contribution is -0.274. The number of alkyl halides is 3. The van der Waals surface area contributed by atoms with Crippen LogP contribution in [0.3, 0.4) is 0 Å². The monoisotopic (exact) mass is 441 g/mol. The van der Waals surface area contributed by atoms with Gasteiger partial charge >= 0.3 is 6.36 Å². The second-order valence-corrected chi connectivity index (χ2v) is 6.44. The van der Waals surface area contributed by atoms with Crippen LogP contribution in [-0.2, 0) is 9.59 Å². The Hall–Kier alpha value is -3.47. The van der Waals surface area contributed by atoms with E-state index in [0.717, 1.165) is 12.1 Å². The largest absolute Gasteiger partial charge is 0.573 e. The van der Waals surface area contributed by atoms with Crippen molar-refractivity contribution in [2.24, 2.45) is 0 Å². The van der Waals surface area contributed by atoms with E-state index in [2.05, 4.69) is 15.4 Å². The van der Waals surface area contributed by atoms with Crippen molar-refractivity contribution in [3.05, 3.63) is 42.5 Å². The Morgan fingerprint density at radius 2 is 1.32 bits per heavy atom. The van der Waals surface area contributed by atoms with E-state index in [1.54, 1.807) is 25.2 Å². The minimum Gasteiger partial charge on any atom is -0.497 e. The van der Waals surface area contributed by atoms with Crippen molar-refractivity contribution in [1.82, 2.24) is 4.90 Å². The number of anilines is 2. The lowest BCUT2D eigenvalue weighted by Crippen LogP contribution is -2.36. The van der Waals surface area contributed by atoms with Gasteiger partial charge in [-0.2, -0.15) is 0 Å². The zero-order valence-corrected chi connectivity index (χ0v) is 17.1. The summed E-state index contributed by atoms with van der Waals surface area (Å²) in [7, 11) is 4.55. The van der Waals surface area contributed by atoms with Crippen LogP contribution >= 0.6 is 0 Å². The number of carbonyl (C=O) groups is 2. The Balaban J connectivity index is 1.84. The van der Waals surface area contributed by atoms with Gasteiger partial charge in [0.2, 0.25) is 11.8 Å². The Labute approximate surface area is 176 Å². The van der Waals surface area contributed by atoms with Crippen molar-refractivity contribution in [2.45, 2.75) is 6.36 Å². The van der Waals surface area contributed by atoms with Gasteiger partial charge in [0, 0.05) is 29.6 Å². The van der Waals surface area contributed by atoms with Gasteiger partial charge < -0.3 is 24.8 Å². The van der Waals surface area contributed by atoms with Crippen molar-refractivity contribution in [3.63, 3.8) is 0 Å². The lowest BCUT2D eigenvalue weighted by Gasteiger charge is -2.17. The van der Waals surface area contributed by atoms with E-state index in [4.69, 9.17) is 9.47 Å². The quantitative estimate of drug-likeness (QED) is 0.622. The highest BCUT2D eigenvalue weighted by molar-refractivity contribution is 5.94. The van der Waals surface area contributed by atoms with Crippen LogP contribution in [0.25, 0.3) is 0 Å². The molecule has 0 heterocycles. The van der Waals surface area contributed by atoms with Gasteiger partial charge in [-0.05, 0) is 31.3 Å². The van der Waals surface area contributed by atoms with Crippen LogP contribution in [-0.4, -0.2) is 57.4 Å². The zero-order valence-electron chi connectivity index (χ0n) is 17.1. The molecule has 0 aliphatic heterocycles. The zero-order chi connectivity index (χ0) is 23.0. The van der Waals surface area contributed by atoms with E-state index >= 15 is 0 Å². The topological polar surface area (TPSA) is 89.1 Å². The Kier molecular flexibility index (Phi) is 8.08. The number of methoxy groups -OCH3 is 2. The molecule has 2 amide bonds. The molecular formula is C20H22F3N3O5. The Bertz CT molecular complexity index is 882. The molecule has 0 fully saturated rings. The average molecular weight is 441 g/mol. The minimum atomic E-state index is -4.79. The normalized spacial score (nSPS) is 11.1. The summed E-state index contributed by atoms with van der Waals surface area (Å²) in [5.41, 5.74) is 0.765. The number of halogens is 3. The van der Waals surface area contributed by atoms with E-state index in [-0.39, 0.29) is 19.0 Å². The van der Waals surface area contributed by atoms with Crippen LogP contribution in [0, 0.1) is 0 Å². The predicted octanol–water partition coefficient (Wildman–Crippen LogP) is 3.11. The van der Waals surface area contributed by atoms with Gasteiger partial charge in [-0.15, -0.1) is 13.2 Å².